The number of carbonyl (C=O) groups excluding carboxylic acids is 2. The van der Waals surface area contributed by atoms with Gasteiger partial charge in [0.2, 0.25) is 0 Å². The number of hydrogen-bond acceptors (Lipinski definition) is 5. The van der Waals surface area contributed by atoms with Gasteiger partial charge in [0.05, 0.1) is 25.0 Å². The van der Waals surface area contributed by atoms with Crippen molar-refractivity contribution in [1.82, 2.24) is 9.80 Å². The van der Waals surface area contributed by atoms with E-state index in [-0.39, 0.29) is 18.4 Å². The van der Waals surface area contributed by atoms with Gasteiger partial charge in [-0.2, -0.15) is 0 Å². The molecule has 1 fully saturated rings. The van der Waals surface area contributed by atoms with Gasteiger partial charge in [-0.25, -0.2) is 0 Å². The highest BCUT2D eigenvalue weighted by molar-refractivity contribution is 6.35. The number of ether oxygens (including phenoxy) is 1. The molecule has 3 heterocycles. The van der Waals surface area contributed by atoms with Crippen molar-refractivity contribution in [2.24, 2.45) is 5.92 Å². The number of nitrogens with zero attached hydrogens (tertiary/aromatic N) is 2. The predicted octanol–water partition coefficient (Wildman–Crippen LogP) is 4.08. The van der Waals surface area contributed by atoms with Crippen LogP contribution in [0.2, 0.25) is 0 Å². The first kappa shape index (κ1) is 20.3. The van der Waals surface area contributed by atoms with Crippen LogP contribution in [0.1, 0.15) is 44.4 Å². The largest absolute Gasteiger partial charge is 0.494 e. The second-order valence-electron chi connectivity index (χ2n) is 8.04. The minimum atomic E-state index is -0.271. The smallest absolute Gasteiger partial charge is 0.278 e. The summed E-state index contributed by atoms with van der Waals surface area (Å²) in [7, 11) is 0. The Kier molecular flexibility index (Phi) is 5.93. The summed E-state index contributed by atoms with van der Waals surface area (Å²) in [4.78, 5) is 30.1. The van der Waals surface area contributed by atoms with Gasteiger partial charge in [-0.05, 0) is 55.0 Å². The minimum absolute atomic E-state index is 0.138. The Morgan fingerprint density at radius 2 is 1.80 bits per heavy atom. The molecule has 30 heavy (non-hydrogen) atoms. The molecule has 0 saturated carbocycles. The molecule has 2 aromatic rings. The van der Waals surface area contributed by atoms with Crippen LogP contribution in [-0.2, 0) is 16.1 Å². The number of carbonyl (C=O) groups is 2. The molecule has 0 atom stereocenters. The fourth-order valence-corrected chi connectivity index (χ4v) is 3.99. The summed E-state index contributed by atoms with van der Waals surface area (Å²) in [6.45, 7) is 6.64. The molecule has 0 aliphatic carbocycles. The van der Waals surface area contributed by atoms with Crippen LogP contribution in [0.3, 0.4) is 0 Å². The number of amides is 2. The highest BCUT2D eigenvalue weighted by atomic mass is 16.5. The second kappa shape index (κ2) is 8.78. The molecule has 1 saturated heterocycles. The lowest BCUT2D eigenvalue weighted by Gasteiger charge is -2.32. The minimum Gasteiger partial charge on any atom is -0.494 e. The predicted molar refractivity (Wildman–Crippen MR) is 113 cm³/mol. The summed E-state index contributed by atoms with van der Waals surface area (Å²) in [5.74, 6) is 1.47. The Bertz CT molecular complexity index is 923. The van der Waals surface area contributed by atoms with Gasteiger partial charge in [0, 0.05) is 13.1 Å². The Labute approximate surface area is 177 Å². The monoisotopic (exact) mass is 408 g/mol. The molecule has 0 spiro atoms. The van der Waals surface area contributed by atoms with Gasteiger partial charge < -0.3 is 14.1 Å². The van der Waals surface area contributed by atoms with Crippen LogP contribution in [0.15, 0.2) is 52.8 Å². The standard InChI is InChI=1S/C24H28N2O4/c1-3-14-29-19-8-6-18(7-9-19)21-22(25-12-10-17(2)11-13-25)24(28)26(23(21)27)16-20-5-4-15-30-20/h4-9,15,17H,3,10-14,16H2,1-2H3. The van der Waals surface area contributed by atoms with E-state index >= 15 is 0 Å². The summed E-state index contributed by atoms with van der Waals surface area (Å²) >= 11 is 0. The molecule has 6 nitrogen and oxygen atoms in total. The highest BCUT2D eigenvalue weighted by Gasteiger charge is 2.42. The van der Waals surface area contributed by atoms with Crippen molar-refractivity contribution in [2.75, 3.05) is 19.7 Å². The van der Waals surface area contributed by atoms with E-state index in [1.54, 1.807) is 18.4 Å². The van der Waals surface area contributed by atoms with Gasteiger partial charge in [0.1, 0.15) is 17.2 Å². The fraction of sp³-hybridized carbons (Fsp3) is 0.417. The molecular weight excluding hydrogens is 380 g/mol. The van der Waals surface area contributed by atoms with E-state index in [4.69, 9.17) is 9.15 Å². The van der Waals surface area contributed by atoms with Crippen LogP contribution in [0, 0.1) is 5.92 Å². The molecule has 0 N–H and O–H groups in total. The van der Waals surface area contributed by atoms with Gasteiger partial charge in [-0.3, -0.25) is 14.5 Å². The maximum Gasteiger partial charge on any atom is 0.278 e. The van der Waals surface area contributed by atoms with Crippen LogP contribution >= 0.6 is 0 Å². The highest BCUT2D eigenvalue weighted by Crippen LogP contribution is 2.35. The third-order valence-electron chi connectivity index (χ3n) is 5.75. The van der Waals surface area contributed by atoms with E-state index in [1.165, 1.54) is 4.90 Å². The van der Waals surface area contributed by atoms with Crippen LogP contribution < -0.4 is 4.74 Å². The van der Waals surface area contributed by atoms with E-state index in [9.17, 15) is 9.59 Å². The number of benzene rings is 1. The maximum atomic E-state index is 13.4. The average molecular weight is 408 g/mol. The summed E-state index contributed by atoms with van der Waals surface area (Å²) in [5.41, 5.74) is 1.73. The Hall–Kier alpha value is -3.02. The topological polar surface area (TPSA) is 63.0 Å². The number of furan rings is 1. The van der Waals surface area contributed by atoms with E-state index < -0.39 is 0 Å². The average Bonchev–Trinajstić information content (AvgIpc) is 3.36. The summed E-state index contributed by atoms with van der Waals surface area (Å²) < 4.78 is 11.1. The van der Waals surface area contributed by atoms with Crippen molar-refractivity contribution >= 4 is 17.4 Å². The molecule has 0 bridgehead atoms. The number of hydrogen-bond donors (Lipinski definition) is 0. The van der Waals surface area contributed by atoms with Crippen LogP contribution in [0.25, 0.3) is 5.57 Å². The molecule has 6 heteroatoms. The zero-order valence-corrected chi connectivity index (χ0v) is 17.6. The van der Waals surface area contributed by atoms with E-state index in [2.05, 4.69) is 18.7 Å². The lowest BCUT2D eigenvalue weighted by Crippen LogP contribution is -2.38. The van der Waals surface area contributed by atoms with Gasteiger partial charge >= 0.3 is 0 Å². The van der Waals surface area contributed by atoms with Crippen molar-refractivity contribution < 1.29 is 18.7 Å². The molecule has 1 aromatic carbocycles. The summed E-state index contributed by atoms with van der Waals surface area (Å²) in [6, 6.07) is 11.0. The molecule has 2 amide bonds. The molecule has 2 aliphatic rings. The SMILES string of the molecule is CCCOc1ccc(C2=C(N3CCC(C)CC3)C(=O)N(Cc3ccco3)C2=O)cc1. The summed E-state index contributed by atoms with van der Waals surface area (Å²) in [5, 5.41) is 0. The second-order valence-corrected chi connectivity index (χ2v) is 8.04. The molecule has 1 aromatic heterocycles. The molecule has 0 unspecified atom stereocenters. The first-order valence-corrected chi connectivity index (χ1v) is 10.7. The fourth-order valence-electron chi connectivity index (χ4n) is 3.99. The summed E-state index contributed by atoms with van der Waals surface area (Å²) in [6.07, 6.45) is 4.51. The lowest BCUT2D eigenvalue weighted by molar-refractivity contribution is -0.138. The number of imide groups is 1. The zero-order chi connectivity index (χ0) is 21.1. The molecule has 4 rings (SSSR count). The van der Waals surface area contributed by atoms with Crippen molar-refractivity contribution in [3.8, 4) is 5.75 Å². The van der Waals surface area contributed by atoms with Crippen LogP contribution in [-0.4, -0.2) is 41.3 Å². The zero-order valence-electron chi connectivity index (χ0n) is 17.6. The van der Waals surface area contributed by atoms with Crippen LogP contribution in [0.5, 0.6) is 5.75 Å². The normalized spacial score (nSPS) is 17.9. The van der Waals surface area contributed by atoms with E-state index in [0.29, 0.717) is 29.6 Å². The number of rotatable bonds is 7. The Balaban J connectivity index is 1.67. The van der Waals surface area contributed by atoms with Crippen molar-refractivity contribution in [3.63, 3.8) is 0 Å². The van der Waals surface area contributed by atoms with E-state index in [1.807, 2.05) is 24.3 Å². The number of likely N-dealkylation sites (tertiary alicyclic amines) is 1. The first-order chi connectivity index (χ1) is 14.6. The quantitative estimate of drug-likeness (QED) is 0.646. The molecule has 2 aliphatic heterocycles. The van der Waals surface area contributed by atoms with Gasteiger partial charge in [0.15, 0.2) is 0 Å². The molecular formula is C24H28N2O4. The lowest BCUT2D eigenvalue weighted by atomic mass is 9.97. The first-order valence-electron chi connectivity index (χ1n) is 10.7. The van der Waals surface area contributed by atoms with Gasteiger partial charge in [-0.1, -0.05) is 26.0 Å². The number of piperidine rings is 1. The molecule has 158 valence electrons. The Morgan fingerprint density at radius 1 is 1.07 bits per heavy atom. The third kappa shape index (κ3) is 3.99. The Morgan fingerprint density at radius 3 is 2.43 bits per heavy atom. The molecule has 0 radical (unpaired) electrons. The maximum absolute atomic E-state index is 13.4. The van der Waals surface area contributed by atoms with Crippen molar-refractivity contribution in [3.05, 3.63) is 59.7 Å². The van der Waals surface area contributed by atoms with Crippen LogP contribution in [0.4, 0.5) is 0 Å². The van der Waals surface area contributed by atoms with Gasteiger partial charge in [0.25, 0.3) is 11.8 Å². The third-order valence-corrected chi connectivity index (χ3v) is 5.75. The van der Waals surface area contributed by atoms with Crippen molar-refractivity contribution in [2.45, 2.75) is 39.7 Å². The van der Waals surface area contributed by atoms with Crippen molar-refractivity contribution in [1.29, 1.82) is 0 Å². The van der Waals surface area contributed by atoms with Gasteiger partial charge in [-0.15, -0.1) is 0 Å². The van der Waals surface area contributed by atoms with E-state index in [0.717, 1.165) is 43.7 Å².